The van der Waals surface area contributed by atoms with Gasteiger partial charge < -0.3 is 4.74 Å². The second-order valence-electron chi connectivity index (χ2n) is 4.16. The monoisotopic (exact) mass is 219 g/mol. The summed E-state index contributed by atoms with van der Waals surface area (Å²) >= 11 is 0. The number of benzene rings is 1. The van der Waals surface area contributed by atoms with Crippen LogP contribution < -0.4 is 5.06 Å². The van der Waals surface area contributed by atoms with E-state index in [2.05, 4.69) is 6.07 Å². The van der Waals surface area contributed by atoms with Crippen LogP contribution in [0.4, 0.5) is 5.69 Å². The Morgan fingerprint density at radius 1 is 1.50 bits per heavy atom. The minimum atomic E-state index is -0.293. The summed E-state index contributed by atoms with van der Waals surface area (Å²) in [6.45, 7) is 0. The van der Waals surface area contributed by atoms with E-state index in [0.717, 1.165) is 12.1 Å². The molecular weight excluding hydrogens is 206 g/mol. The van der Waals surface area contributed by atoms with Gasteiger partial charge >= 0.3 is 5.97 Å². The lowest BCUT2D eigenvalue weighted by Crippen LogP contribution is -2.37. The van der Waals surface area contributed by atoms with Gasteiger partial charge in [-0.2, -0.15) is 0 Å². The summed E-state index contributed by atoms with van der Waals surface area (Å²) in [6, 6.07) is 7.73. The summed E-state index contributed by atoms with van der Waals surface area (Å²) in [5.41, 5.74) is 2.23. The molecule has 2 heterocycles. The highest BCUT2D eigenvalue weighted by Gasteiger charge is 2.43. The van der Waals surface area contributed by atoms with Crippen LogP contribution in [0.5, 0.6) is 0 Å². The van der Waals surface area contributed by atoms with Gasteiger partial charge in [0.15, 0.2) is 6.04 Å². The molecule has 2 bridgehead atoms. The summed E-state index contributed by atoms with van der Waals surface area (Å²) in [6.07, 6.45) is 1.70. The molecule has 16 heavy (non-hydrogen) atoms. The zero-order chi connectivity index (χ0) is 11.1. The number of hydroxylamine groups is 1. The Bertz CT molecular complexity index is 432. The molecule has 84 valence electrons. The fourth-order valence-electron chi connectivity index (χ4n) is 2.44. The maximum atomic E-state index is 11.6. The van der Waals surface area contributed by atoms with E-state index in [4.69, 9.17) is 9.57 Å². The minimum absolute atomic E-state index is 0.110. The first-order chi connectivity index (χ1) is 7.79. The van der Waals surface area contributed by atoms with Crippen LogP contribution >= 0.6 is 0 Å². The topological polar surface area (TPSA) is 38.8 Å². The predicted molar refractivity (Wildman–Crippen MR) is 57.9 cm³/mol. The van der Waals surface area contributed by atoms with Gasteiger partial charge in [-0.05, 0) is 11.6 Å². The van der Waals surface area contributed by atoms with Crippen LogP contribution in [0.3, 0.4) is 0 Å². The summed E-state index contributed by atoms with van der Waals surface area (Å²) in [7, 11) is 1.41. The number of hydrogen-bond donors (Lipinski definition) is 0. The molecule has 0 spiro atoms. The van der Waals surface area contributed by atoms with Gasteiger partial charge in [-0.1, -0.05) is 18.2 Å². The zero-order valence-electron chi connectivity index (χ0n) is 9.05. The van der Waals surface area contributed by atoms with Crippen molar-refractivity contribution < 1.29 is 14.4 Å². The number of anilines is 1. The minimum Gasteiger partial charge on any atom is -0.467 e. The quantitative estimate of drug-likeness (QED) is 0.667. The van der Waals surface area contributed by atoms with Crippen molar-refractivity contribution in [2.24, 2.45) is 0 Å². The molecule has 0 radical (unpaired) electrons. The molecule has 4 heteroatoms. The normalized spacial score (nSPS) is 26.4. The van der Waals surface area contributed by atoms with E-state index in [1.54, 1.807) is 5.06 Å². The molecule has 2 aliphatic rings. The van der Waals surface area contributed by atoms with Crippen molar-refractivity contribution in [2.75, 3.05) is 12.2 Å². The predicted octanol–water partition coefficient (Wildman–Crippen LogP) is 1.29. The summed E-state index contributed by atoms with van der Waals surface area (Å²) < 4.78 is 4.80. The molecule has 0 unspecified atom stereocenters. The SMILES string of the molecule is COC(=O)[C@H]1C[C@@H]2Cc3ccccc3N1O2. The number of rotatable bonds is 1. The molecule has 0 amide bonds. The summed E-state index contributed by atoms with van der Waals surface area (Å²) in [4.78, 5) is 17.3. The Kier molecular flexibility index (Phi) is 2.11. The number of para-hydroxylation sites is 1. The van der Waals surface area contributed by atoms with E-state index in [1.807, 2.05) is 18.2 Å². The summed E-state index contributed by atoms with van der Waals surface area (Å²) in [5, 5.41) is 1.70. The van der Waals surface area contributed by atoms with Crippen LogP contribution in [0, 0.1) is 0 Å². The molecule has 0 aliphatic carbocycles. The maximum absolute atomic E-state index is 11.6. The Morgan fingerprint density at radius 3 is 3.12 bits per heavy atom. The lowest BCUT2D eigenvalue weighted by Gasteiger charge is -2.28. The van der Waals surface area contributed by atoms with Crippen LogP contribution in [0.2, 0.25) is 0 Å². The first-order valence-electron chi connectivity index (χ1n) is 5.41. The standard InChI is InChI=1S/C12H13NO3/c1-15-12(14)11-7-9-6-8-4-2-3-5-10(8)13(11)16-9/h2-5,9,11H,6-7H2,1H3/t9-,11+/m0/s1. The van der Waals surface area contributed by atoms with Crippen LogP contribution in [0.1, 0.15) is 12.0 Å². The number of fused-ring (bicyclic) bond motifs is 4. The van der Waals surface area contributed by atoms with Crippen LogP contribution in [0.25, 0.3) is 0 Å². The Morgan fingerprint density at radius 2 is 2.31 bits per heavy atom. The van der Waals surface area contributed by atoms with E-state index in [1.165, 1.54) is 12.7 Å². The average molecular weight is 219 g/mol. The third-order valence-corrected chi connectivity index (χ3v) is 3.18. The summed E-state index contributed by atoms with van der Waals surface area (Å²) in [5.74, 6) is -0.223. The highest BCUT2D eigenvalue weighted by atomic mass is 16.7. The first kappa shape index (κ1) is 9.66. The number of carbonyl (C=O) groups is 1. The molecule has 2 atom stereocenters. The molecule has 1 aromatic carbocycles. The van der Waals surface area contributed by atoms with Crippen LogP contribution in [-0.2, 0) is 20.8 Å². The third kappa shape index (κ3) is 1.30. The van der Waals surface area contributed by atoms with Crippen molar-refractivity contribution in [1.29, 1.82) is 0 Å². The number of carbonyl (C=O) groups excluding carboxylic acids is 1. The van der Waals surface area contributed by atoms with Crippen LogP contribution in [-0.4, -0.2) is 25.2 Å². The Balaban J connectivity index is 1.99. The van der Waals surface area contributed by atoms with E-state index in [9.17, 15) is 4.79 Å². The third-order valence-electron chi connectivity index (χ3n) is 3.18. The van der Waals surface area contributed by atoms with Gasteiger partial charge in [-0.25, -0.2) is 9.86 Å². The van der Waals surface area contributed by atoms with Crippen molar-refractivity contribution >= 4 is 11.7 Å². The number of methoxy groups -OCH3 is 1. The van der Waals surface area contributed by atoms with Crippen LogP contribution in [0.15, 0.2) is 24.3 Å². The van der Waals surface area contributed by atoms with Gasteiger partial charge in [0.1, 0.15) is 0 Å². The van der Waals surface area contributed by atoms with Gasteiger partial charge in [-0.3, -0.25) is 4.84 Å². The molecule has 0 saturated carbocycles. The molecule has 0 aromatic heterocycles. The van der Waals surface area contributed by atoms with E-state index >= 15 is 0 Å². The van der Waals surface area contributed by atoms with E-state index < -0.39 is 0 Å². The Hall–Kier alpha value is -1.55. The van der Waals surface area contributed by atoms with Gasteiger partial charge in [-0.15, -0.1) is 0 Å². The van der Waals surface area contributed by atoms with E-state index in [0.29, 0.717) is 6.42 Å². The fourth-order valence-corrected chi connectivity index (χ4v) is 2.44. The number of hydrogen-bond acceptors (Lipinski definition) is 4. The van der Waals surface area contributed by atoms with Gasteiger partial charge in [0.2, 0.25) is 0 Å². The number of nitrogens with zero attached hydrogens (tertiary/aromatic N) is 1. The lowest BCUT2D eigenvalue weighted by molar-refractivity contribution is -0.142. The van der Waals surface area contributed by atoms with Crippen molar-refractivity contribution in [1.82, 2.24) is 0 Å². The lowest BCUT2D eigenvalue weighted by atomic mass is 10.0. The van der Waals surface area contributed by atoms with Crippen molar-refractivity contribution in [3.8, 4) is 0 Å². The molecule has 1 fully saturated rings. The van der Waals surface area contributed by atoms with Gasteiger partial charge in [0, 0.05) is 12.8 Å². The zero-order valence-corrected chi connectivity index (χ0v) is 9.05. The van der Waals surface area contributed by atoms with Crippen molar-refractivity contribution in [2.45, 2.75) is 25.0 Å². The second-order valence-corrected chi connectivity index (χ2v) is 4.16. The molecule has 0 N–H and O–H groups in total. The second kappa shape index (κ2) is 3.49. The molecule has 4 nitrogen and oxygen atoms in total. The van der Waals surface area contributed by atoms with E-state index in [-0.39, 0.29) is 18.1 Å². The molecule has 1 aromatic rings. The smallest absolute Gasteiger partial charge is 0.331 e. The number of esters is 1. The number of ether oxygens (including phenoxy) is 1. The highest BCUT2D eigenvalue weighted by molar-refractivity contribution is 5.81. The molecule has 2 aliphatic heterocycles. The molecule has 3 rings (SSSR count). The largest absolute Gasteiger partial charge is 0.467 e. The average Bonchev–Trinajstić information content (AvgIpc) is 2.67. The Labute approximate surface area is 93.7 Å². The van der Waals surface area contributed by atoms with Crippen molar-refractivity contribution in [3.05, 3.63) is 29.8 Å². The first-order valence-corrected chi connectivity index (χ1v) is 5.41. The van der Waals surface area contributed by atoms with Crippen molar-refractivity contribution in [3.63, 3.8) is 0 Å². The van der Waals surface area contributed by atoms with Gasteiger partial charge in [0.25, 0.3) is 0 Å². The molecular formula is C12H13NO3. The highest BCUT2D eigenvalue weighted by Crippen LogP contribution is 2.38. The maximum Gasteiger partial charge on any atom is 0.331 e. The van der Waals surface area contributed by atoms with Gasteiger partial charge in [0.05, 0.1) is 18.9 Å². The molecule has 1 saturated heterocycles. The fraction of sp³-hybridized carbons (Fsp3) is 0.417.